The lowest BCUT2D eigenvalue weighted by atomic mass is 10.3. The molecule has 0 aromatic heterocycles. The van der Waals surface area contributed by atoms with Crippen molar-refractivity contribution in [1.82, 2.24) is 4.31 Å². The van der Waals surface area contributed by atoms with E-state index in [2.05, 4.69) is 4.72 Å². The fraction of sp³-hybridized carbons (Fsp3) is 0.217. The van der Waals surface area contributed by atoms with E-state index in [1.54, 1.807) is 24.3 Å². The summed E-state index contributed by atoms with van der Waals surface area (Å²) in [6.45, 7) is 0.902. The summed E-state index contributed by atoms with van der Waals surface area (Å²) >= 11 is 0. The Labute approximate surface area is 193 Å². The van der Waals surface area contributed by atoms with Gasteiger partial charge in [0.1, 0.15) is 17.2 Å². The highest BCUT2D eigenvalue weighted by Crippen LogP contribution is 2.32. The van der Waals surface area contributed by atoms with E-state index in [1.165, 1.54) is 41.7 Å². The molecule has 1 fully saturated rings. The lowest BCUT2D eigenvalue weighted by Crippen LogP contribution is -2.28. The number of hydrogen-bond donors (Lipinski definition) is 1. The zero-order valence-corrected chi connectivity index (χ0v) is 19.6. The summed E-state index contributed by atoms with van der Waals surface area (Å²) in [6, 6.07) is 19.2. The number of nitrogens with zero attached hydrogens (tertiary/aromatic N) is 1. The Morgan fingerprint density at radius 3 is 2.03 bits per heavy atom. The molecule has 0 saturated carbocycles. The second-order valence-electron chi connectivity index (χ2n) is 7.47. The van der Waals surface area contributed by atoms with Crippen molar-refractivity contribution in [2.75, 3.05) is 24.9 Å². The van der Waals surface area contributed by atoms with Crippen molar-refractivity contribution in [3.63, 3.8) is 0 Å². The first kappa shape index (κ1) is 23.1. The Balaban J connectivity index is 1.58. The van der Waals surface area contributed by atoms with Crippen molar-refractivity contribution in [3.8, 4) is 17.2 Å². The number of nitrogens with one attached hydrogen (secondary N) is 1. The van der Waals surface area contributed by atoms with Gasteiger partial charge in [0.25, 0.3) is 10.0 Å². The molecule has 3 aromatic carbocycles. The molecule has 1 aliphatic heterocycles. The third-order valence-corrected chi connectivity index (χ3v) is 8.51. The van der Waals surface area contributed by atoms with Gasteiger partial charge in [0.15, 0.2) is 0 Å². The zero-order valence-electron chi connectivity index (χ0n) is 18.0. The molecule has 1 saturated heterocycles. The van der Waals surface area contributed by atoms with Crippen LogP contribution in [0, 0.1) is 0 Å². The first-order valence-corrected chi connectivity index (χ1v) is 13.3. The van der Waals surface area contributed by atoms with Crippen molar-refractivity contribution in [1.29, 1.82) is 0 Å². The molecule has 174 valence electrons. The number of methoxy groups -OCH3 is 1. The van der Waals surface area contributed by atoms with Crippen LogP contribution in [0.25, 0.3) is 0 Å². The van der Waals surface area contributed by atoms with E-state index in [-0.39, 0.29) is 21.2 Å². The Morgan fingerprint density at radius 1 is 0.788 bits per heavy atom. The van der Waals surface area contributed by atoms with Crippen LogP contribution in [-0.2, 0) is 20.0 Å². The quantitative estimate of drug-likeness (QED) is 0.513. The second kappa shape index (κ2) is 9.42. The molecule has 0 spiro atoms. The molecule has 0 radical (unpaired) electrons. The zero-order chi connectivity index (χ0) is 23.5. The standard InChI is InChI=1S/C23H24N2O6S2/c1-30-23-14-13-21(33(28,29)25-15-5-6-16-25)17-22(23)24-32(26,27)20-11-9-19(10-12-20)31-18-7-3-2-4-8-18/h2-4,7-14,17,24H,5-6,15-16H2,1H3. The summed E-state index contributed by atoms with van der Waals surface area (Å²) in [6.07, 6.45) is 1.61. The van der Waals surface area contributed by atoms with E-state index in [4.69, 9.17) is 9.47 Å². The average molecular weight is 489 g/mol. The van der Waals surface area contributed by atoms with Crippen LogP contribution in [-0.4, -0.2) is 41.3 Å². The molecule has 1 heterocycles. The van der Waals surface area contributed by atoms with E-state index < -0.39 is 20.0 Å². The van der Waals surface area contributed by atoms with Gasteiger partial charge in [0, 0.05) is 13.1 Å². The highest BCUT2D eigenvalue weighted by molar-refractivity contribution is 7.92. The Hall–Kier alpha value is -3.08. The molecule has 3 aromatic rings. The normalized spacial score (nSPS) is 14.7. The van der Waals surface area contributed by atoms with Crippen molar-refractivity contribution < 1.29 is 26.3 Å². The lowest BCUT2D eigenvalue weighted by Gasteiger charge is -2.18. The van der Waals surface area contributed by atoms with E-state index >= 15 is 0 Å². The first-order valence-electron chi connectivity index (χ1n) is 10.3. The summed E-state index contributed by atoms with van der Waals surface area (Å²) in [4.78, 5) is 0.00674. The predicted octanol–water partition coefficient (Wildman–Crippen LogP) is 4.07. The highest BCUT2D eigenvalue weighted by atomic mass is 32.2. The van der Waals surface area contributed by atoms with Crippen LogP contribution >= 0.6 is 0 Å². The number of rotatable bonds is 8. The van der Waals surface area contributed by atoms with Crippen molar-refractivity contribution in [3.05, 3.63) is 72.8 Å². The fourth-order valence-corrected chi connectivity index (χ4v) is 6.13. The largest absolute Gasteiger partial charge is 0.495 e. The van der Waals surface area contributed by atoms with Crippen LogP contribution in [0.3, 0.4) is 0 Å². The molecule has 0 aliphatic carbocycles. The SMILES string of the molecule is COc1ccc(S(=O)(=O)N2CCCC2)cc1NS(=O)(=O)c1ccc(Oc2ccccc2)cc1. The van der Waals surface area contributed by atoms with Gasteiger partial charge in [-0.1, -0.05) is 18.2 Å². The Bertz CT molecular complexity index is 1320. The summed E-state index contributed by atoms with van der Waals surface area (Å²) in [5.74, 6) is 1.33. The van der Waals surface area contributed by atoms with Gasteiger partial charge in [0.05, 0.1) is 22.6 Å². The van der Waals surface area contributed by atoms with Crippen LogP contribution in [0.5, 0.6) is 17.2 Å². The lowest BCUT2D eigenvalue weighted by molar-refractivity contribution is 0.416. The molecular weight excluding hydrogens is 464 g/mol. The third kappa shape index (κ3) is 5.13. The number of benzene rings is 3. The van der Waals surface area contributed by atoms with Gasteiger partial charge >= 0.3 is 0 Å². The van der Waals surface area contributed by atoms with Gasteiger partial charge in [-0.25, -0.2) is 16.8 Å². The summed E-state index contributed by atoms with van der Waals surface area (Å²) in [7, 11) is -6.34. The fourth-order valence-electron chi connectivity index (χ4n) is 3.52. The van der Waals surface area contributed by atoms with E-state index in [0.717, 1.165) is 12.8 Å². The summed E-state index contributed by atoms with van der Waals surface area (Å²) in [5.41, 5.74) is 0.0439. The molecule has 0 unspecified atom stereocenters. The van der Waals surface area contributed by atoms with E-state index in [1.807, 2.05) is 18.2 Å². The Morgan fingerprint density at radius 2 is 1.39 bits per heavy atom. The minimum atomic E-state index is -4.01. The molecule has 4 rings (SSSR count). The smallest absolute Gasteiger partial charge is 0.262 e. The molecule has 8 nitrogen and oxygen atoms in total. The first-order chi connectivity index (χ1) is 15.8. The molecule has 0 amide bonds. The number of hydrogen-bond acceptors (Lipinski definition) is 6. The molecule has 0 atom stereocenters. The summed E-state index contributed by atoms with van der Waals surface area (Å²) in [5, 5.41) is 0. The van der Waals surface area contributed by atoms with Crippen LogP contribution in [0.2, 0.25) is 0 Å². The van der Waals surface area contributed by atoms with Gasteiger partial charge in [-0.05, 0) is 67.4 Å². The molecule has 1 N–H and O–H groups in total. The minimum absolute atomic E-state index is 0.00207. The van der Waals surface area contributed by atoms with Gasteiger partial charge in [-0.3, -0.25) is 4.72 Å². The number of anilines is 1. The van der Waals surface area contributed by atoms with Crippen LogP contribution in [0.1, 0.15) is 12.8 Å². The summed E-state index contributed by atoms with van der Waals surface area (Å²) < 4.78 is 66.6. The second-order valence-corrected chi connectivity index (χ2v) is 11.1. The molecular formula is C23H24N2O6S2. The van der Waals surface area contributed by atoms with Crippen LogP contribution in [0.4, 0.5) is 5.69 Å². The van der Waals surface area contributed by atoms with Gasteiger partial charge in [0.2, 0.25) is 10.0 Å². The average Bonchev–Trinajstić information content (AvgIpc) is 3.36. The van der Waals surface area contributed by atoms with Gasteiger partial charge in [-0.2, -0.15) is 4.31 Å². The van der Waals surface area contributed by atoms with E-state index in [9.17, 15) is 16.8 Å². The Kier molecular flexibility index (Phi) is 6.59. The minimum Gasteiger partial charge on any atom is -0.495 e. The molecule has 0 bridgehead atoms. The number of para-hydroxylation sites is 1. The molecule has 1 aliphatic rings. The maximum atomic E-state index is 13.0. The molecule has 33 heavy (non-hydrogen) atoms. The molecule has 10 heteroatoms. The highest BCUT2D eigenvalue weighted by Gasteiger charge is 2.28. The number of ether oxygens (including phenoxy) is 2. The van der Waals surface area contributed by atoms with E-state index in [0.29, 0.717) is 24.6 Å². The number of sulfonamides is 2. The third-order valence-electron chi connectivity index (χ3n) is 5.23. The van der Waals surface area contributed by atoms with Crippen molar-refractivity contribution >= 4 is 25.7 Å². The predicted molar refractivity (Wildman–Crippen MR) is 125 cm³/mol. The maximum absolute atomic E-state index is 13.0. The van der Waals surface area contributed by atoms with Crippen LogP contribution in [0.15, 0.2) is 82.6 Å². The van der Waals surface area contributed by atoms with Crippen molar-refractivity contribution in [2.24, 2.45) is 0 Å². The monoisotopic (exact) mass is 488 g/mol. The van der Waals surface area contributed by atoms with Crippen LogP contribution < -0.4 is 14.2 Å². The van der Waals surface area contributed by atoms with Gasteiger partial charge in [-0.15, -0.1) is 0 Å². The maximum Gasteiger partial charge on any atom is 0.262 e. The topological polar surface area (TPSA) is 102 Å². The van der Waals surface area contributed by atoms with Crippen molar-refractivity contribution in [2.45, 2.75) is 22.6 Å². The van der Waals surface area contributed by atoms with Gasteiger partial charge < -0.3 is 9.47 Å².